The van der Waals surface area contributed by atoms with Gasteiger partial charge in [-0.15, -0.1) is 0 Å². The Balaban J connectivity index is 1.65. The van der Waals surface area contributed by atoms with E-state index in [2.05, 4.69) is 15.3 Å². The Bertz CT molecular complexity index is 855. The van der Waals surface area contributed by atoms with Crippen LogP contribution in [0.15, 0.2) is 36.5 Å². The maximum absolute atomic E-state index is 13.2. The van der Waals surface area contributed by atoms with E-state index < -0.39 is 11.7 Å². The van der Waals surface area contributed by atoms with E-state index >= 15 is 0 Å². The summed E-state index contributed by atoms with van der Waals surface area (Å²) < 4.78 is 5.46. The van der Waals surface area contributed by atoms with Crippen LogP contribution in [0.3, 0.4) is 0 Å². The van der Waals surface area contributed by atoms with Gasteiger partial charge < -0.3 is 15.0 Å². The number of hydrogen-bond acceptors (Lipinski definition) is 5. The van der Waals surface area contributed by atoms with Crippen LogP contribution in [0.2, 0.25) is 0 Å². The lowest BCUT2D eigenvalue weighted by Gasteiger charge is -2.38. The zero-order valence-corrected chi connectivity index (χ0v) is 14.6. The van der Waals surface area contributed by atoms with E-state index in [0.717, 1.165) is 18.4 Å². The summed E-state index contributed by atoms with van der Waals surface area (Å²) in [5, 5.41) is 2.70. The van der Waals surface area contributed by atoms with Gasteiger partial charge in [-0.1, -0.05) is 30.3 Å². The number of likely N-dealkylation sites (tertiary alicyclic amines) is 1. The average Bonchev–Trinajstić information content (AvgIpc) is 3.01. The Morgan fingerprint density at radius 3 is 2.85 bits per heavy atom. The molecule has 0 saturated carbocycles. The lowest BCUT2D eigenvalue weighted by atomic mass is 9.92. The largest absolute Gasteiger partial charge is 0.439 e. The zero-order chi connectivity index (χ0) is 18.1. The zero-order valence-electron chi connectivity index (χ0n) is 14.6. The normalized spacial score (nSPS) is 22.2. The molecule has 2 aromatic rings. The van der Waals surface area contributed by atoms with Gasteiger partial charge in [-0.2, -0.15) is 0 Å². The molecule has 2 saturated heterocycles. The molecule has 0 aliphatic carbocycles. The highest BCUT2D eigenvalue weighted by atomic mass is 16.6. The van der Waals surface area contributed by atoms with Gasteiger partial charge in [-0.05, 0) is 19.8 Å². The molecule has 1 aromatic carbocycles. The summed E-state index contributed by atoms with van der Waals surface area (Å²) in [6, 6.07) is 9.62. The van der Waals surface area contributed by atoms with Crippen molar-refractivity contribution in [3.05, 3.63) is 47.9 Å². The van der Waals surface area contributed by atoms with Crippen molar-refractivity contribution in [2.24, 2.45) is 0 Å². The van der Waals surface area contributed by atoms with E-state index in [-0.39, 0.29) is 5.91 Å². The first-order chi connectivity index (χ1) is 12.6. The molecule has 3 heterocycles. The molecule has 1 spiro atoms. The smallest absolute Gasteiger partial charge is 0.407 e. The quantitative estimate of drug-likeness (QED) is 0.895. The third-order valence-electron chi connectivity index (χ3n) is 4.88. The van der Waals surface area contributed by atoms with Crippen LogP contribution in [0.4, 0.5) is 4.79 Å². The van der Waals surface area contributed by atoms with Crippen molar-refractivity contribution in [3.63, 3.8) is 0 Å². The number of hydrogen-bond donors (Lipinski definition) is 1. The molecule has 2 amide bonds. The number of carbonyl (C=O) groups excluding carboxylic acids is 2. The number of rotatable bonds is 2. The number of aromatic nitrogens is 2. The summed E-state index contributed by atoms with van der Waals surface area (Å²) in [4.78, 5) is 35.2. The summed E-state index contributed by atoms with van der Waals surface area (Å²) in [5.74, 6) is 0.482. The highest BCUT2D eigenvalue weighted by Crippen LogP contribution is 2.30. The number of ether oxygens (including phenoxy) is 1. The summed E-state index contributed by atoms with van der Waals surface area (Å²) >= 11 is 0. The third-order valence-corrected chi connectivity index (χ3v) is 4.88. The van der Waals surface area contributed by atoms with Crippen LogP contribution in [0.5, 0.6) is 0 Å². The van der Waals surface area contributed by atoms with Crippen LogP contribution in [0.25, 0.3) is 11.3 Å². The van der Waals surface area contributed by atoms with E-state index in [1.54, 1.807) is 18.0 Å². The standard InChI is InChI=1S/C19H20N4O3/c1-13-20-10-15(16(22-13)14-6-3-2-4-7-14)17(24)23-9-5-8-19(12-23)11-21-18(25)26-19/h2-4,6-7,10H,5,8-9,11-12H2,1H3,(H,21,25). The van der Waals surface area contributed by atoms with Crippen molar-refractivity contribution in [2.75, 3.05) is 19.6 Å². The van der Waals surface area contributed by atoms with Gasteiger partial charge in [0.2, 0.25) is 0 Å². The molecule has 4 rings (SSSR count). The Morgan fingerprint density at radius 2 is 2.12 bits per heavy atom. The van der Waals surface area contributed by atoms with E-state index in [1.807, 2.05) is 30.3 Å². The van der Waals surface area contributed by atoms with E-state index in [0.29, 0.717) is 36.7 Å². The molecule has 7 heteroatoms. The fraction of sp³-hybridized carbons (Fsp3) is 0.368. The maximum atomic E-state index is 13.2. The number of amides is 2. The minimum Gasteiger partial charge on any atom is -0.439 e. The first-order valence-corrected chi connectivity index (χ1v) is 8.72. The Hall–Kier alpha value is -2.96. The molecule has 7 nitrogen and oxygen atoms in total. The second-order valence-electron chi connectivity index (χ2n) is 6.80. The molecular weight excluding hydrogens is 332 g/mol. The lowest BCUT2D eigenvalue weighted by Crippen LogP contribution is -2.52. The molecule has 2 aliphatic rings. The molecule has 0 radical (unpaired) electrons. The number of carbonyl (C=O) groups is 2. The molecule has 134 valence electrons. The van der Waals surface area contributed by atoms with Crippen molar-refractivity contribution >= 4 is 12.0 Å². The first-order valence-electron chi connectivity index (χ1n) is 8.72. The van der Waals surface area contributed by atoms with Gasteiger partial charge in [0.05, 0.1) is 24.3 Å². The van der Waals surface area contributed by atoms with Gasteiger partial charge in [0.25, 0.3) is 5.91 Å². The van der Waals surface area contributed by atoms with Crippen molar-refractivity contribution in [1.82, 2.24) is 20.2 Å². The van der Waals surface area contributed by atoms with E-state index in [1.165, 1.54) is 0 Å². The van der Waals surface area contributed by atoms with Crippen molar-refractivity contribution in [2.45, 2.75) is 25.4 Å². The van der Waals surface area contributed by atoms with Crippen LogP contribution in [0, 0.1) is 6.92 Å². The van der Waals surface area contributed by atoms with Crippen LogP contribution in [0.1, 0.15) is 29.0 Å². The van der Waals surface area contributed by atoms with E-state index in [4.69, 9.17) is 4.74 Å². The summed E-state index contributed by atoms with van der Waals surface area (Å²) in [5.41, 5.74) is 1.35. The second kappa shape index (κ2) is 6.40. The molecule has 26 heavy (non-hydrogen) atoms. The predicted octanol–water partition coefficient (Wildman–Crippen LogP) is 2.17. The highest BCUT2D eigenvalue weighted by molar-refractivity contribution is 5.99. The van der Waals surface area contributed by atoms with Crippen molar-refractivity contribution in [1.29, 1.82) is 0 Å². The monoisotopic (exact) mass is 352 g/mol. The summed E-state index contributed by atoms with van der Waals surface area (Å²) in [6.45, 7) is 3.25. The molecule has 2 fully saturated rings. The number of nitrogens with zero attached hydrogens (tertiary/aromatic N) is 3. The number of benzene rings is 1. The minimum absolute atomic E-state index is 0.133. The number of aryl methyl sites for hydroxylation is 1. The molecular formula is C19H20N4O3. The van der Waals surface area contributed by atoms with E-state index in [9.17, 15) is 9.59 Å². The molecule has 1 N–H and O–H groups in total. The van der Waals surface area contributed by atoms with Gasteiger partial charge in [0.15, 0.2) is 0 Å². The number of alkyl carbamates (subject to hydrolysis) is 1. The molecule has 1 aromatic heterocycles. The van der Waals surface area contributed by atoms with Gasteiger partial charge in [0.1, 0.15) is 11.4 Å². The van der Waals surface area contributed by atoms with Gasteiger partial charge in [-0.25, -0.2) is 14.8 Å². The molecule has 2 aliphatic heterocycles. The summed E-state index contributed by atoms with van der Waals surface area (Å²) in [7, 11) is 0. The Labute approximate surface area is 151 Å². The fourth-order valence-electron chi connectivity index (χ4n) is 3.61. The number of nitrogens with one attached hydrogen (secondary N) is 1. The fourth-order valence-corrected chi connectivity index (χ4v) is 3.61. The SMILES string of the molecule is Cc1ncc(C(=O)N2CCCC3(CNC(=O)O3)C2)c(-c2ccccc2)n1. The van der Waals surface area contributed by atoms with Crippen LogP contribution >= 0.6 is 0 Å². The molecule has 1 atom stereocenters. The van der Waals surface area contributed by atoms with Gasteiger partial charge >= 0.3 is 6.09 Å². The Morgan fingerprint density at radius 1 is 1.31 bits per heavy atom. The predicted molar refractivity (Wildman–Crippen MR) is 94.6 cm³/mol. The third kappa shape index (κ3) is 3.00. The average molecular weight is 352 g/mol. The van der Waals surface area contributed by atoms with Crippen molar-refractivity contribution in [3.8, 4) is 11.3 Å². The Kier molecular flexibility index (Phi) is 4.06. The first kappa shape index (κ1) is 16.5. The second-order valence-corrected chi connectivity index (χ2v) is 6.80. The minimum atomic E-state index is -0.622. The van der Waals surface area contributed by atoms with Crippen molar-refractivity contribution < 1.29 is 14.3 Å². The lowest BCUT2D eigenvalue weighted by molar-refractivity contribution is -0.00504. The van der Waals surface area contributed by atoms with Crippen LogP contribution < -0.4 is 5.32 Å². The topological polar surface area (TPSA) is 84.4 Å². The maximum Gasteiger partial charge on any atom is 0.407 e. The highest BCUT2D eigenvalue weighted by Gasteiger charge is 2.45. The van der Waals surface area contributed by atoms with Gasteiger partial charge in [-0.3, -0.25) is 4.79 Å². The molecule has 0 bridgehead atoms. The summed E-state index contributed by atoms with van der Waals surface area (Å²) in [6.07, 6.45) is 2.72. The number of piperidine rings is 1. The molecule has 1 unspecified atom stereocenters. The van der Waals surface area contributed by atoms with Crippen LogP contribution in [-0.4, -0.2) is 52.1 Å². The van der Waals surface area contributed by atoms with Crippen LogP contribution in [-0.2, 0) is 4.74 Å². The van der Waals surface area contributed by atoms with Gasteiger partial charge in [0, 0.05) is 18.3 Å².